The summed E-state index contributed by atoms with van der Waals surface area (Å²) >= 11 is 0. The molecule has 3 nitrogen and oxygen atoms in total. The minimum absolute atomic E-state index is 0.425. The van der Waals surface area contributed by atoms with Gasteiger partial charge in [0.1, 0.15) is 0 Å². The highest BCUT2D eigenvalue weighted by Gasteiger charge is 2.36. The molecule has 0 saturated heterocycles. The Labute approximate surface area is 92.3 Å². The van der Waals surface area contributed by atoms with Crippen LogP contribution in [0.5, 0.6) is 0 Å². The lowest BCUT2D eigenvalue weighted by molar-refractivity contribution is 0.0533. The van der Waals surface area contributed by atoms with Crippen LogP contribution in [0.4, 0.5) is 0 Å². The van der Waals surface area contributed by atoms with Crippen molar-refractivity contribution in [2.45, 2.75) is 38.5 Å². The van der Waals surface area contributed by atoms with E-state index in [1.807, 2.05) is 0 Å². The van der Waals surface area contributed by atoms with Gasteiger partial charge < -0.3 is 0 Å². The lowest BCUT2D eigenvalue weighted by Gasteiger charge is -2.42. The van der Waals surface area contributed by atoms with Crippen LogP contribution in [-0.4, -0.2) is 21.3 Å². The highest BCUT2D eigenvalue weighted by molar-refractivity contribution is 7.85. The van der Waals surface area contributed by atoms with E-state index in [1.165, 1.54) is 38.5 Å². The van der Waals surface area contributed by atoms with Crippen molar-refractivity contribution in [3.8, 4) is 0 Å². The van der Waals surface area contributed by atoms with Gasteiger partial charge in [0.2, 0.25) is 0 Å². The molecule has 0 unspecified atom stereocenters. The summed E-state index contributed by atoms with van der Waals surface area (Å²) in [6.45, 7) is 0.425. The lowest BCUT2D eigenvalue weighted by atomic mass is 9.65. The van der Waals surface area contributed by atoms with Crippen molar-refractivity contribution in [2.75, 3.05) is 12.9 Å². The molecule has 0 aromatic carbocycles. The van der Waals surface area contributed by atoms with Crippen LogP contribution in [0.15, 0.2) is 0 Å². The highest BCUT2D eigenvalue weighted by atomic mass is 32.2. The summed E-state index contributed by atoms with van der Waals surface area (Å²) < 4.78 is 26.9. The van der Waals surface area contributed by atoms with Crippen LogP contribution in [0, 0.1) is 17.8 Å². The normalized spacial score (nSPS) is 23.9. The van der Waals surface area contributed by atoms with Gasteiger partial charge in [-0.05, 0) is 17.8 Å². The van der Waals surface area contributed by atoms with Crippen LogP contribution < -0.4 is 0 Å². The van der Waals surface area contributed by atoms with Crippen molar-refractivity contribution in [2.24, 2.45) is 17.8 Å². The summed E-state index contributed by atoms with van der Waals surface area (Å²) in [7, 11) is -3.25. The molecule has 0 aromatic rings. The number of rotatable bonds is 5. The maximum atomic E-state index is 11.0. The third-order valence-corrected chi connectivity index (χ3v) is 4.55. The van der Waals surface area contributed by atoms with Gasteiger partial charge in [-0.2, -0.15) is 8.42 Å². The molecular formula is C11H20O3S. The van der Waals surface area contributed by atoms with E-state index in [4.69, 9.17) is 4.18 Å². The van der Waals surface area contributed by atoms with Crippen molar-refractivity contribution in [1.29, 1.82) is 0 Å². The van der Waals surface area contributed by atoms with Gasteiger partial charge in [-0.3, -0.25) is 4.18 Å². The van der Waals surface area contributed by atoms with E-state index in [0.29, 0.717) is 12.5 Å². The summed E-state index contributed by atoms with van der Waals surface area (Å²) in [6, 6.07) is 0. The third-order valence-electron chi connectivity index (χ3n) is 3.99. The fourth-order valence-corrected chi connectivity index (χ4v) is 3.00. The lowest BCUT2D eigenvalue weighted by Crippen LogP contribution is -2.35. The number of hydrogen-bond acceptors (Lipinski definition) is 3. The zero-order valence-corrected chi connectivity index (χ0v) is 10.1. The molecule has 0 heterocycles. The highest BCUT2D eigenvalue weighted by Crippen LogP contribution is 2.44. The predicted molar refractivity (Wildman–Crippen MR) is 59.0 cm³/mol. The van der Waals surface area contributed by atoms with Crippen LogP contribution in [0.1, 0.15) is 38.5 Å². The molecule has 2 fully saturated rings. The van der Waals surface area contributed by atoms with Crippen molar-refractivity contribution >= 4 is 10.1 Å². The summed E-state index contributed by atoms with van der Waals surface area (Å²) in [4.78, 5) is 0. The van der Waals surface area contributed by atoms with E-state index < -0.39 is 10.1 Å². The van der Waals surface area contributed by atoms with E-state index in [1.54, 1.807) is 0 Å². The van der Waals surface area contributed by atoms with Crippen molar-refractivity contribution in [1.82, 2.24) is 0 Å². The van der Waals surface area contributed by atoms with E-state index in [0.717, 1.165) is 18.1 Å². The number of hydrogen-bond donors (Lipinski definition) is 0. The van der Waals surface area contributed by atoms with Crippen LogP contribution in [0.3, 0.4) is 0 Å². The first-order valence-electron chi connectivity index (χ1n) is 5.90. The summed E-state index contributed by atoms with van der Waals surface area (Å²) in [5.41, 5.74) is 0. The standard InChI is InChI=1S/C11H20O3S/c1-15(12,13)14-8-11(9-4-2-5-9)10-6-3-7-10/h9-11H,2-8H2,1H3. The molecule has 88 valence electrons. The van der Waals surface area contributed by atoms with Crippen LogP contribution in [0.2, 0.25) is 0 Å². The van der Waals surface area contributed by atoms with Crippen LogP contribution >= 0.6 is 0 Å². The molecule has 2 rings (SSSR count). The Morgan fingerprint density at radius 3 is 1.87 bits per heavy atom. The Morgan fingerprint density at radius 1 is 1.13 bits per heavy atom. The molecule has 0 radical (unpaired) electrons. The van der Waals surface area contributed by atoms with Gasteiger partial charge in [-0.1, -0.05) is 38.5 Å². The van der Waals surface area contributed by atoms with Crippen molar-refractivity contribution in [3.63, 3.8) is 0 Å². The minimum Gasteiger partial charge on any atom is -0.270 e. The van der Waals surface area contributed by atoms with Gasteiger partial charge in [-0.25, -0.2) is 0 Å². The van der Waals surface area contributed by atoms with E-state index in [-0.39, 0.29) is 0 Å². The molecule has 0 spiro atoms. The van der Waals surface area contributed by atoms with E-state index >= 15 is 0 Å². The van der Waals surface area contributed by atoms with Crippen molar-refractivity contribution in [3.05, 3.63) is 0 Å². The fraction of sp³-hybridized carbons (Fsp3) is 1.00. The van der Waals surface area contributed by atoms with Gasteiger partial charge in [0.15, 0.2) is 0 Å². The second-order valence-corrected chi connectivity index (χ2v) is 6.68. The Balaban J connectivity index is 1.87. The first kappa shape index (κ1) is 11.4. The maximum Gasteiger partial charge on any atom is 0.264 e. The third kappa shape index (κ3) is 2.94. The Kier molecular flexibility index (Phi) is 3.36. The topological polar surface area (TPSA) is 43.4 Å². The summed E-state index contributed by atoms with van der Waals surface area (Å²) in [5.74, 6) is 1.97. The quantitative estimate of drug-likeness (QED) is 0.682. The SMILES string of the molecule is CS(=O)(=O)OCC(C1CCC1)C1CCC1. The molecule has 0 N–H and O–H groups in total. The van der Waals surface area contributed by atoms with Gasteiger partial charge in [0.25, 0.3) is 10.1 Å². The summed E-state index contributed by atoms with van der Waals surface area (Å²) in [5, 5.41) is 0. The van der Waals surface area contributed by atoms with E-state index in [9.17, 15) is 8.42 Å². The van der Waals surface area contributed by atoms with Gasteiger partial charge in [0.05, 0.1) is 12.9 Å². The Bertz CT molecular complexity index is 288. The van der Waals surface area contributed by atoms with Crippen LogP contribution in [0.25, 0.3) is 0 Å². The largest absolute Gasteiger partial charge is 0.270 e. The smallest absolute Gasteiger partial charge is 0.264 e. The maximum absolute atomic E-state index is 11.0. The van der Waals surface area contributed by atoms with Crippen molar-refractivity contribution < 1.29 is 12.6 Å². The molecule has 2 saturated carbocycles. The first-order valence-corrected chi connectivity index (χ1v) is 7.72. The molecule has 2 aliphatic rings. The average molecular weight is 232 g/mol. The van der Waals surface area contributed by atoms with Gasteiger partial charge >= 0.3 is 0 Å². The zero-order valence-electron chi connectivity index (χ0n) is 9.31. The second-order valence-electron chi connectivity index (χ2n) is 5.03. The monoisotopic (exact) mass is 232 g/mol. The molecule has 0 bridgehead atoms. The summed E-state index contributed by atoms with van der Waals surface area (Å²) in [6.07, 6.45) is 8.86. The molecule has 0 amide bonds. The molecule has 4 heteroatoms. The van der Waals surface area contributed by atoms with E-state index in [2.05, 4.69) is 0 Å². The fourth-order valence-electron chi connectivity index (χ4n) is 2.60. The first-order chi connectivity index (χ1) is 7.06. The molecule has 15 heavy (non-hydrogen) atoms. The predicted octanol–water partition coefficient (Wildman–Crippen LogP) is 2.18. The van der Waals surface area contributed by atoms with Gasteiger partial charge in [-0.15, -0.1) is 0 Å². The minimum atomic E-state index is -3.25. The average Bonchev–Trinajstić information content (AvgIpc) is 1.91. The van der Waals surface area contributed by atoms with Crippen LogP contribution in [-0.2, 0) is 14.3 Å². The molecular weight excluding hydrogens is 212 g/mol. The molecule has 0 aliphatic heterocycles. The Morgan fingerprint density at radius 2 is 1.60 bits per heavy atom. The van der Waals surface area contributed by atoms with Gasteiger partial charge in [0, 0.05) is 0 Å². The molecule has 0 aromatic heterocycles. The second kappa shape index (κ2) is 4.42. The molecule has 2 aliphatic carbocycles. The zero-order chi connectivity index (χ0) is 10.9. The Hall–Kier alpha value is -0.0900. The molecule has 0 atom stereocenters.